The molecule has 0 bridgehead atoms. The molecule has 2 fully saturated rings. The van der Waals surface area contributed by atoms with Crippen LogP contribution >= 0.6 is 0 Å². The first-order chi connectivity index (χ1) is 15.2. The van der Waals surface area contributed by atoms with E-state index in [4.69, 9.17) is 0 Å². The van der Waals surface area contributed by atoms with Gasteiger partial charge in [0.2, 0.25) is 5.91 Å². The zero-order chi connectivity index (χ0) is 21.2. The summed E-state index contributed by atoms with van der Waals surface area (Å²) in [6.45, 7) is 5.81. The maximum Gasteiger partial charge on any atom is 0.228 e. The van der Waals surface area contributed by atoms with Crippen LogP contribution in [0.3, 0.4) is 0 Å². The normalized spacial score (nSPS) is 20.3. The minimum atomic E-state index is 0.0915. The smallest absolute Gasteiger partial charge is 0.228 e. The monoisotopic (exact) mass is 415 g/mol. The Balaban J connectivity index is 1.23. The highest BCUT2D eigenvalue weighted by Crippen LogP contribution is 2.47. The van der Waals surface area contributed by atoms with E-state index in [0.717, 1.165) is 36.5 Å². The van der Waals surface area contributed by atoms with Gasteiger partial charge in [-0.25, -0.2) is 0 Å². The first-order valence-electron chi connectivity index (χ1n) is 11.9. The van der Waals surface area contributed by atoms with Gasteiger partial charge in [-0.2, -0.15) is 0 Å². The topological polar surface area (TPSA) is 48.1 Å². The molecule has 2 atom stereocenters. The number of aromatic amines is 1. The number of nitrogens with one attached hydrogen (secondary N) is 2. The van der Waals surface area contributed by atoms with Crippen LogP contribution in [-0.2, 0) is 11.2 Å². The number of rotatable bonds is 10. The lowest BCUT2D eigenvalue weighted by Crippen LogP contribution is -2.29. The Morgan fingerprint density at radius 1 is 1.13 bits per heavy atom. The van der Waals surface area contributed by atoms with E-state index in [1.807, 2.05) is 12.1 Å². The van der Waals surface area contributed by atoms with Crippen molar-refractivity contribution in [3.63, 3.8) is 0 Å². The number of hydrogen-bond donors (Lipinski definition) is 2. The number of amides is 1. The number of carbonyl (C=O) groups is 1. The van der Waals surface area contributed by atoms with E-state index >= 15 is 0 Å². The summed E-state index contributed by atoms with van der Waals surface area (Å²) in [5.74, 6) is 1.53. The van der Waals surface area contributed by atoms with Crippen LogP contribution in [0.1, 0.15) is 49.7 Å². The Hall–Kier alpha value is -2.59. The second kappa shape index (κ2) is 8.88. The number of hydrogen-bond acceptors (Lipinski definition) is 2. The first-order valence-corrected chi connectivity index (χ1v) is 11.9. The highest BCUT2D eigenvalue weighted by molar-refractivity contribution is 5.97. The third-order valence-corrected chi connectivity index (χ3v) is 6.84. The van der Waals surface area contributed by atoms with Gasteiger partial charge >= 0.3 is 0 Å². The van der Waals surface area contributed by atoms with Crippen molar-refractivity contribution in [3.05, 3.63) is 65.9 Å². The van der Waals surface area contributed by atoms with Crippen LogP contribution in [-0.4, -0.2) is 35.4 Å². The quantitative estimate of drug-likeness (QED) is 0.454. The Morgan fingerprint density at radius 2 is 1.97 bits per heavy atom. The summed E-state index contributed by atoms with van der Waals surface area (Å²) >= 11 is 0. The summed E-state index contributed by atoms with van der Waals surface area (Å²) in [4.78, 5) is 18.8. The number of benzene rings is 2. The van der Waals surface area contributed by atoms with Gasteiger partial charge in [-0.05, 0) is 79.8 Å². The molecular weight excluding hydrogens is 382 g/mol. The standard InChI is InChI=1S/C27H33N3O/c1-2-13-30(18-19-8-9-19)14-12-21-17-28-26-11-10-22(15-24(21)26)29-27(31)25-16-23(25)20-6-4-3-5-7-20/h3-7,10-11,15,17,19,23,25,28H,2,8-9,12-14,16,18H2,1H3,(H,29,31)/t23-,25+/m0/s1. The summed E-state index contributed by atoms with van der Waals surface area (Å²) in [6, 6.07) is 16.6. The fourth-order valence-corrected chi connectivity index (χ4v) is 4.81. The SMILES string of the molecule is CCCN(CCc1c[nH]c2ccc(NC(=O)[C@@H]3C[C@H]3c3ccccc3)cc12)CC1CC1. The maximum absolute atomic E-state index is 12.8. The Kier molecular flexibility index (Phi) is 5.82. The van der Waals surface area contributed by atoms with E-state index in [1.54, 1.807) is 0 Å². The van der Waals surface area contributed by atoms with Crippen LogP contribution in [0.15, 0.2) is 54.7 Å². The minimum Gasteiger partial charge on any atom is -0.361 e. The number of nitrogens with zero attached hydrogens (tertiary/aromatic N) is 1. The molecule has 0 unspecified atom stereocenters. The molecule has 1 aromatic heterocycles. The molecule has 162 valence electrons. The van der Waals surface area contributed by atoms with Gasteiger partial charge in [-0.15, -0.1) is 0 Å². The van der Waals surface area contributed by atoms with Crippen LogP contribution in [0.2, 0.25) is 0 Å². The number of anilines is 1. The second-order valence-corrected chi connectivity index (χ2v) is 9.42. The van der Waals surface area contributed by atoms with Crippen molar-refractivity contribution in [2.24, 2.45) is 11.8 Å². The molecule has 1 heterocycles. The van der Waals surface area contributed by atoms with Gasteiger partial charge < -0.3 is 15.2 Å². The minimum absolute atomic E-state index is 0.0915. The van der Waals surface area contributed by atoms with Crippen molar-refractivity contribution >= 4 is 22.5 Å². The predicted molar refractivity (Wildman–Crippen MR) is 127 cm³/mol. The summed E-state index contributed by atoms with van der Waals surface area (Å²) in [7, 11) is 0. The molecular formula is C27H33N3O. The average Bonchev–Trinajstić information content (AvgIpc) is 3.71. The number of H-pyrrole nitrogens is 1. The zero-order valence-corrected chi connectivity index (χ0v) is 18.4. The highest BCUT2D eigenvalue weighted by Gasteiger charge is 2.43. The molecule has 1 amide bonds. The lowest BCUT2D eigenvalue weighted by Gasteiger charge is -2.21. The van der Waals surface area contributed by atoms with Gasteiger partial charge in [0.15, 0.2) is 0 Å². The van der Waals surface area contributed by atoms with Gasteiger partial charge in [0, 0.05) is 41.8 Å². The number of aromatic nitrogens is 1. The lowest BCUT2D eigenvalue weighted by molar-refractivity contribution is -0.117. The van der Waals surface area contributed by atoms with Gasteiger partial charge in [-0.3, -0.25) is 4.79 Å². The maximum atomic E-state index is 12.8. The second-order valence-electron chi connectivity index (χ2n) is 9.42. The van der Waals surface area contributed by atoms with E-state index in [-0.39, 0.29) is 11.8 Å². The molecule has 0 spiro atoms. The summed E-state index contributed by atoms with van der Waals surface area (Å²) in [5.41, 5.74) is 4.66. The molecule has 2 aliphatic rings. The van der Waals surface area contributed by atoms with Crippen LogP contribution in [0.25, 0.3) is 10.9 Å². The molecule has 2 aliphatic carbocycles. The molecule has 0 radical (unpaired) electrons. The Labute approximate surface area is 185 Å². The molecule has 31 heavy (non-hydrogen) atoms. The van der Waals surface area contributed by atoms with Crippen LogP contribution in [0.4, 0.5) is 5.69 Å². The van der Waals surface area contributed by atoms with Crippen LogP contribution in [0, 0.1) is 11.8 Å². The molecule has 2 saturated carbocycles. The Bertz CT molecular complexity index is 1040. The molecule has 0 saturated heterocycles. The fourth-order valence-electron chi connectivity index (χ4n) is 4.81. The average molecular weight is 416 g/mol. The zero-order valence-electron chi connectivity index (χ0n) is 18.4. The van der Waals surface area contributed by atoms with Crippen molar-refractivity contribution < 1.29 is 4.79 Å². The van der Waals surface area contributed by atoms with E-state index < -0.39 is 0 Å². The first kappa shape index (κ1) is 20.3. The van der Waals surface area contributed by atoms with Crippen molar-refractivity contribution in [2.45, 2.75) is 44.9 Å². The Morgan fingerprint density at radius 3 is 2.74 bits per heavy atom. The van der Waals surface area contributed by atoms with Crippen LogP contribution < -0.4 is 5.32 Å². The molecule has 4 nitrogen and oxygen atoms in total. The molecule has 3 aromatic rings. The van der Waals surface area contributed by atoms with Gasteiger partial charge in [-0.1, -0.05) is 37.3 Å². The molecule has 0 aliphatic heterocycles. The lowest BCUT2D eigenvalue weighted by atomic mass is 10.1. The number of carbonyl (C=O) groups excluding carboxylic acids is 1. The van der Waals surface area contributed by atoms with Crippen molar-refractivity contribution in [3.8, 4) is 0 Å². The summed E-state index contributed by atoms with van der Waals surface area (Å²) < 4.78 is 0. The number of fused-ring (bicyclic) bond motifs is 1. The van der Waals surface area contributed by atoms with E-state index in [1.165, 1.54) is 48.9 Å². The molecule has 4 heteroatoms. The van der Waals surface area contributed by atoms with E-state index in [0.29, 0.717) is 5.92 Å². The summed E-state index contributed by atoms with van der Waals surface area (Å²) in [5, 5.41) is 4.40. The van der Waals surface area contributed by atoms with E-state index in [2.05, 4.69) is 64.7 Å². The third kappa shape index (κ3) is 4.85. The van der Waals surface area contributed by atoms with Gasteiger partial charge in [0.05, 0.1) is 0 Å². The predicted octanol–water partition coefficient (Wildman–Crippen LogP) is 5.57. The van der Waals surface area contributed by atoms with Crippen LogP contribution in [0.5, 0.6) is 0 Å². The third-order valence-electron chi connectivity index (χ3n) is 6.84. The van der Waals surface area contributed by atoms with Crippen molar-refractivity contribution in [1.29, 1.82) is 0 Å². The molecule has 2 aromatic carbocycles. The fraction of sp³-hybridized carbons (Fsp3) is 0.444. The highest BCUT2D eigenvalue weighted by atomic mass is 16.2. The summed E-state index contributed by atoms with van der Waals surface area (Å²) in [6.07, 6.45) is 8.15. The molecule has 2 N–H and O–H groups in total. The molecule has 5 rings (SSSR count). The van der Waals surface area contributed by atoms with E-state index in [9.17, 15) is 4.79 Å². The van der Waals surface area contributed by atoms with Crippen molar-refractivity contribution in [1.82, 2.24) is 9.88 Å². The van der Waals surface area contributed by atoms with Crippen molar-refractivity contribution in [2.75, 3.05) is 25.0 Å². The van der Waals surface area contributed by atoms with Gasteiger partial charge in [0.25, 0.3) is 0 Å². The van der Waals surface area contributed by atoms with Gasteiger partial charge in [0.1, 0.15) is 0 Å². The largest absolute Gasteiger partial charge is 0.361 e.